The van der Waals surface area contributed by atoms with E-state index in [9.17, 15) is 0 Å². The highest BCUT2D eigenvalue weighted by atomic mass is 79.9. The minimum absolute atomic E-state index is 0.320. The van der Waals surface area contributed by atoms with Crippen LogP contribution < -0.4 is 10.2 Å². The summed E-state index contributed by atoms with van der Waals surface area (Å²) in [6.45, 7) is 2.99. The van der Waals surface area contributed by atoms with E-state index in [1.807, 2.05) is 12.6 Å². The second-order valence-electron chi connectivity index (χ2n) is 4.55. The molecule has 0 saturated carbocycles. The van der Waals surface area contributed by atoms with Crippen LogP contribution >= 0.6 is 27.3 Å². The fourth-order valence-corrected chi connectivity index (χ4v) is 2.91. The summed E-state index contributed by atoms with van der Waals surface area (Å²) in [4.78, 5) is 6.59. The molecule has 1 atom stereocenters. The molecule has 0 bridgehead atoms. The van der Waals surface area contributed by atoms with Crippen LogP contribution in [0.2, 0.25) is 0 Å². The lowest BCUT2D eigenvalue weighted by atomic mass is 10.1. The Kier molecular flexibility index (Phi) is 4.96. The maximum absolute atomic E-state index is 4.35. The van der Waals surface area contributed by atoms with Crippen molar-refractivity contribution in [3.8, 4) is 0 Å². The van der Waals surface area contributed by atoms with Gasteiger partial charge in [-0.3, -0.25) is 0 Å². The minimum Gasteiger partial charge on any atom is -0.368 e. The van der Waals surface area contributed by atoms with Crippen LogP contribution in [0, 0.1) is 0 Å². The van der Waals surface area contributed by atoms with E-state index in [2.05, 4.69) is 68.7 Å². The molecule has 2 aromatic rings. The maximum Gasteiger partial charge on any atom is 0.0795 e. The molecule has 1 aromatic heterocycles. The monoisotopic (exact) mass is 339 g/mol. The van der Waals surface area contributed by atoms with Gasteiger partial charge in [0.2, 0.25) is 0 Å². The molecule has 0 aliphatic heterocycles. The number of nitrogens with one attached hydrogen (secondary N) is 1. The largest absolute Gasteiger partial charge is 0.368 e. The molecule has 0 amide bonds. The zero-order valence-corrected chi connectivity index (χ0v) is 13.8. The first-order valence-electron chi connectivity index (χ1n) is 6.16. The number of anilines is 1. The Morgan fingerprint density at radius 2 is 2.26 bits per heavy atom. The van der Waals surface area contributed by atoms with Crippen molar-refractivity contribution in [2.24, 2.45) is 0 Å². The van der Waals surface area contributed by atoms with E-state index >= 15 is 0 Å². The summed E-state index contributed by atoms with van der Waals surface area (Å²) in [7, 11) is 4.09. The first kappa shape index (κ1) is 14.5. The van der Waals surface area contributed by atoms with Gasteiger partial charge in [0.15, 0.2) is 0 Å². The van der Waals surface area contributed by atoms with Crippen molar-refractivity contribution in [3.05, 3.63) is 44.8 Å². The van der Waals surface area contributed by atoms with E-state index in [1.165, 1.54) is 11.3 Å². The molecular formula is C14H18BrN3S. The molecule has 5 heteroatoms. The van der Waals surface area contributed by atoms with Crippen LogP contribution in [-0.2, 0) is 6.54 Å². The Balaban J connectivity index is 2.28. The number of rotatable bonds is 5. The number of halogens is 1. The van der Waals surface area contributed by atoms with Crippen molar-refractivity contribution < 1.29 is 0 Å². The highest BCUT2D eigenvalue weighted by Crippen LogP contribution is 2.29. The molecule has 1 heterocycles. The summed E-state index contributed by atoms with van der Waals surface area (Å²) in [5, 5.41) is 5.39. The van der Waals surface area contributed by atoms with Crippen molar-refractivity contribution in [2.75, 3.05) is 19.0 Å². The molecule has 1 aromatic carbocycles. The lowest BCUT2D eigenvalue weighted by molar-refractivity contribution is 0.649. The summed E-state index contributed by atoms with van der Waals surface area (Å²) in [6.07, 6.45) is 0. The van der Waals surface area contributed by atoms with Crippen molar-refractivity contribution in [2.45, 2.75) is 19.5 Å². The first-order chi connectivity index (χ1) is 9.11. The van der Waals surface area contributed by atoms with Gasteiger partial charge >= 0.3 is 0 Å². The third-order valence-electron chi connectivity index (χ3n) is 3.19. The molecule has 19 heavy (non-hydrogen) atoms. The van der Waals surface area contributed by atoms with Gasteiger partial charge in [-0.25, -0.2) is 4.98 Å². The van der Waals surface area contributed by atoms with Gasteiger partial charge in [0.25, 0.3) is 0 Å². The van der Waals surface area contributed by atoms with Gasteiger partial charge in [-0.1, -0.05) is 22.0 Å². The third kappa shape index (κ3) is 3.55. The van der Waals surface area contributed by atoms with E-state index in [0.717, 1.165) is 16.7 Å². The van der Waals surface area contributed by atoms with Crippen LogP contribution in [0.15, 0.2) is 33.6 Å². The van der Waals surface area contributed by atoms with E-state index in [1.54, 1.807) is 11.3 Å². The average Bonchev–Trinajstić information content (AvgIpc) is 2.90. The Morgan fingerprint density at radius 1 is 1.47 bits per heavy atom. The number of aromatic nitrogens is 1. The molecule has 0 saturated heterocycles. The Morgan fingerprint density at radius 3 is 2.89 bits per heavy atom. The van der Waals surface area contributed by atoms with E-state index < -0.39 is 0 Å². The van der Waals surface area contributed by atoms with E-state index in [4.69, 9.17) is 0 Å². The zero-order chi connectivity index (χ0) is 13.8. The van der Waals surface area contributed by atoms with Gasteiger partial charge in [0.05, 0.1) is 17.7 Å². The molecular weight excluding hydrogens is 322 g/mol. The number of hydrogen-bond acceptors (Lipinski definition) is 4. The Hall–Kier alpha value is -0.910. The second-order valence-corrected chi connectivity index (χ2v) is 6.18. The Bertz CT molecular complexity index is 527. The fourth-order valence-electron chi connectivity index (χ4n) is 2.01. The summed E-state index contributed by atoms with van der Waals surface area (Å²) < 4.78 is 1.10. The van der Waals surface area contributed by atoms with Crippen LogP contribution in [0.1, 0.15) is 24.2 Å². The number of thiazole rings is 1. The molecule has 0 fully saturated rings. The van der Waals surface area contributed by atoms with Gasteiger partial charge in [-0.05, 0) is 31.7 Å². The van der Waals surface area contributed by atoms with Crippen molar-refractivity contribution in [1.82, 2.24) is 10.3 Å². The van der Waals surface area contributed by atoms with E-state index in [-0.39, 0.29) is 0 Å². The van der Waals surface area contributed by atoms with Crippen molar-refractivity contribution in [1.29, 1.82) is 0 Å². The predicted molar refractivity (Wildman–Crippen MR) is 85.8 cm³/mol. The third-order valence-corrected chi connectivity index (χ3v) is 4.31. The summed E-state index contributed by atoms with van der Waals surface area (Å²) in [5.74, 6) is 0. The van der Waals surface area contributed by atoms with Gasteiger partial charge in [0.1, 0.15) is 0 Å². The molecule has 1 unspecified atom stereocenters. The summed E-state index contributed by atoms with van der Waals surface area (Å²) in [6, 6.07) is 6.73. The molecule has 0 spiro atoms. The fraction of sp³-hybridized carbons (Fsp3) is 0.357. The molecule has 0 radical (unpaired) electrons. The average molecular weight is 340 g/mol. The molecule has 0 aliphatic rings. The topological polar surface area (TPSA) is 28.2 Å². The minimum atomic E-state index is 0.320. The molecule has 102 valence electrons. The van der Waals surface area contributed by atoms with Gasteiger partial charge in [-0.15, -0.1) is 11.3 Å². The quantitative estimate of drug-likeness (QED) is 0.897. The number of benzene rings is 1. The maximum atomic E-state index is 4.35. The lowest BCUT2D eigenvalue weighted by Crippen LogP contribution is -2.21. The summed E-state index contributed by atoms with van der Waals surface area (Å²) in [5.41, 5.74) is 5.50. The Labute approximate surface area is 126 Å². The van der Waals surface area contributed by atoms with Crippen LogP contribution in [0.5, 0.6) is 0 Å². The van der Waals surface area contributed by atoms with Crippen molar-refractivity contribution >= 4 is 33.0 Å². The summed E-state index contributed by atoms with van der Waals surface area (Å²) >= 11 is 5.19. The second kappa shape index (κ2) is 6.50. The molecule has 3 nitrogen and oxygen atoms in total. The van der Waals surface area contributed by atoms with E-state index in [0.29, 0.717) is 6.04 Å². The SMILES string of the molecule is CNC(C)c1ccc(Br)cc1N(C)Cc1cscn1. The normalized spacial score (nSPS) is 12.4. The number of hydrogen-bond donors (Lipinski definition) is 1. The van der Waals surface area contributed by atoms with Gasteiger partial charge < -0.3 is 10.2 Å². The van der Waals surface area contributed by atoms with Crippen LogP contribution in [0.25, 0.3) is 0 Å². The molecule has 1 N–H and O–H groups in total. The first-order valence-corrected chi connectivity index (χ1v) is 7.90. The van der Waals surface area contributed by atoms with Crippen LogP contribution in [-0.4, -0.2) is 19.1 Å². The number of nitrogens with zero attached hydrogens (tertiary/aromatic N) is 2. The predicted octanol–water partition coefficient (Wildman–Crippen LogP) is 3.82. The van der Waals surface area contributed by atoms with Crippen LogP contribution in [0.4, 0.5) is 5.69 Å². The molecule has 0 aliphatic carbocycles. The highest BCUT2D eigenvalue weighted by molar-refractivity contribution is 9.10. The van der Waals surface area contributed by atoms with Crippen LogP contribution in [0.3, 0.4) is 0 Å². The zero-order valence-electron chi connectivity index (χ0n) is 11.4. The van der Waals surface area contributed by atoms with Crippen molar-refractivity contribution in [3.63, 3.8) is 0 Å². The smallest absolute Gasteiger partial charge is 0.0795 e. The highest BCUT2D eigenvalue weighted by Gasteiger charge is 2.13. The standard InChI is InChI=1S/C14H18BrN3S/c1-10(16-2)13-5-4-11(15)6-14(13)18(3)7-12-8-19-9-17-12/h4-6,8-10,16H,7H2,1-3H3. The van der Waals surface area contributed by atoms with Gasteiger partial charge in [0, 0.05) is 28.6 Å². The molecule has 2 rings (SSSR count). The lowest BCUT2D eigenvalue weighted by Gasteiger charge is -2.24. The van der Waals surface area contributed by atoms with Gasteiger partial charge in [-0.2, -0.15) is 0 Å².